The maximum atomic E-state index is 11.7. The van der Waals surface area contributed by atoms with Crippen molar-refractivity contribution >= 4 is 11.8 Å². The summed E-state index contributed by atoms with van der Waals surface area (Å²) in [6.07, 6.45) is 5.32. The van der Waals surface area contributed by atoms with Crippen LogP contribution >= 0.6 is 0 Å². The molecule has 5 heteroatoms. The highest BCUT2D eigenvalue weighted by atomic mass is 16.2. The zero-order chi connectivity index (χ0) is 13.0. The molecular weight excluding hydrogens is 230 g/mol. The van der Waals surface area contributed by atoms with Crippen molar-refractivity contribution in [3.05, 3.63) is 0 Å². The van der Waals surface area contributed by atoms with E-state index in [1.165, 1.54) is 0 Å². The topological polar surface area (TPSA) is 75.4 Å². The van der Waals surface area contributed by atoms with Crippen molar-refractivity contribution < 1.29 is 9.59 Å². The minimum Gasteiger partial charge on any atom is -0.356 e. The molecule has 1 aliphatic heterocycles. The second-order valence-corrected chi connectivity index (χ2v) is 5.39. The SMILES string of the molecule is NC(CC(=O)NCCC(=O)N1CCCC1)C1CC1. The second-order valence-electron chi connectivity index (χ2n) is 5.39. The predicted octanol–water partition coefficient (Wildman–Crippen LogP) is 0.242. The minimum absolute atomic E-state index is 0.000663. The maximum Gasteiger partial charge on any atom is 0.224 e. The summed E-state index contributed by atoms with van der Waals surface area (Å²) in [6, 6.07) is -0.000663. The fraction of sp³-hybridized carbons (Fsp3) is 0.846. The van der Waals surface area contributed by atoms with Crippen molar-refractivity contribution in [3.8, 4) is 0 Å². The van der Waals surface area contributed by atoms with Gasteiger partial charge in [0.25, 0.3) is 0 Å². The molecule has 0 aromatic rings. The Bertz CT molecular complexity index is 309. The highest BCUT2D eigenvalue weighted by Crippen LogP contribution is 2.32. The van der Waals surface area contributed by atoms with Crippen LogP contribution in [-0.4, -0.2) is 42.4 Å². The van der Waals surface area contributed by atoms with Crippen molar-refractivity contribution in [1.82, 2.24) is 10.2 Å². The molecule has 1 atom stereocenters. The Morgan fingerprint density at radius 2 is 1.94 bits per heavy atom. The summed E-state index contributed by atoms with van der Waals surface area (Å²) in [5.41, 5.74) is 5.87. The first-order chi connectivity index (χ1) is 8.66. The van der Waals surface area contributed by atoms with Crippen molar-refractivity contribution in [2.45, 2.75) is 44.6 Å². The van der Waals surface area contributed by atoms with E-state index in [0.717, 1.165) is 38.8 Å². The second kappa shape index (κ2) is 6.18. The summed E-state index contributed by atoms with van der Waals surface area (Å²) < 4.78 is 0. The number of nitrogens with two attached hydrogens (primary N) is 1. The van der Waals surface area contributed by atoms with Crippen LogP contribution in [-0.2, 0) is 9.59 Å². The van der Waals surface area contributed by atoms with Gasteiger partial charge < -0.3 is 16.0 Å². The Morgan fingerprint density at radius 3 is 2.56 bits per heavy atom. The lowest BCUT2D eigenvalue weighted by Gasteiger charge is -2.15. The Kier molecular flexibility index (Phi) is 4.58. The molecule has 5 nitrogen and oxygen atoms in total. The third kappa shape index (κ3) is 3.98. The van der Waals surface area contributed by atoms with Gasteiger partial charge in [-0.3, -0.25) is 9.59 Å². The molecule has 1 saturated heterocycles. The first-order valence-electron chi connectivity index (χ1n) is 6.97. The molecular formula is C13H23N3O2. The van der Waals surface area contributed by atoms with Gasteiger partial charge in [0.2, 0.25) is 11.8 Å². The van der Waals surface area contributed by atoms with Crippen molar-refractivity contribution in [1.29, 1.82) is 0 Å². The number of amides is 2. The zero-order valence-electron chi connectivity index (χ0n) is 10.9. The number of hydrogen-bond acceptors (Lipinski definition) is 3. The van der Waals surface area contributed by atoms with Crippen LogP contribution in [0.15, 0.2) is 0 Å². The van der Waals surface area contributed by atoms with E-state index in [-0.39, 0.29) is 17.9 Å². The minimum atomic E-state index is -0.0244. The van der Waals surface area contributed by atoms with Gasteiger partial charge in [-0.25, -0.2) is 0 Å². The van der Waals surface area contributed by atoms with Crippen molar-refractivity contribution in [2.24, 2.45) is 11.7 Å². The average molecular weight is 253 g/mol. The van der Waals surface area contributed by atoms with Crippen LogP contribution in [0.4, 0.5) is 0 Å². The molecule has 0 radical (unpaired) electrons. The molecule has 1 aliphatic carbocycles. The summed E-state index contributed by atoms with van der Waals surface area (Å²) in [5.74, 6) is 0.671. The van der Waals surface area contributed by atoms with Gasteiger partial charge in [-0.1, -0.05) is 0 Å². The van der Waals surface area contributed by atoms with Crippen molar-refractivity contribution in [2.75, 3.05) is 19.6 Å². The van der Waals surface area contributed by atoms with Gasteiger partial charge in [0.05, 0.1) is 0 Å². The lowest BCUT2D eigenvalue weighted by Crippen LogP contribution is -2.36. The fourth-order valence-corrected chi connectivity index (χ4v) is 2.41. The number of carbonyl (C=O) groups is 2. The summed E-state index contributed by atoms with van der Waals surface area (Å²) >= 11 is 0. The lowest BCUT2D eigenvalue weighted by molar-refractivity contribution is -0.130. The Labute approximate surface area is 108 Å². The first kappa shape index (κ1) is 13.3. The molecule has 2 aliphatic rings. The molecule has 1 saturated carbocycles. The summed E-state index contributed by atoms with van der Waals surface area (Å²) in [7, 11) is 0. The van der Waals surface area contributed by atoms with E-state index in [4.69, 9.17) is 5.73 Å². The lowest BCUT2D eigenvalue weighted by atomic mass is 10.1. The quantitative estimate of drug-likeness (QED) is 0.712. The Balaban J connectivity index is 1.56. The Hall–Kier alpha value is -1.10. The van der Waals surface area contributed by atoms with Gasteiger partial charge in [0.1, 0.15) is 0 Å². The largest absolute Gasteiger partial charge is 0.356 e. The number of rotatable bonds is 6. The van der Waals surface area contributed by atoms with E-state index in [1.807, 2.05) is 4.90 Å². The molecule has 2 amide bonds. The van der Waals surface area contributed by atoms with Gasteiger partial charge in [0, 0.05) is 38.5 Å². The summed E-state index contributed by atoms with van der Waals surface area (Å²) in [6.45, 7) is 2.18. The van der Waals surface area contributed by atoms with Gasteiger partial charge in [0.15, 0.2) is 0 Å². The molecule has 1 unspecified atom stereocenters. The molecule has 102 valence electrons. The molecule has 0 bridgehead atoms. The van der Waals surface area contributed by atoms with E-state index >= 15 is 0 Å². The standard InChI is InChI=1S/C13H23N3O2/c14-11(10-3-4-10)9-12(17)15-6-5-13(18)16-7-1-2-8-16/h10-11H,1-9,14H2,(H,15,17). The smallest absolute Gasteiger partial charge is 0.224 e. The van der Waals surface area contributed by atoms with Crippen LogP contribution in [0.1, 0.15) is 38.5 Å². The molecule has 0 aromatic carbocycles. The average Bonchev–Trinajstić information content (AvgIpc) is 3.04. The van der Waals surface area contributed by atoms with E-state index in [2.05, 4.69) is 5.32 Å². The van der Waals surface area contributed by atoms with Crippen LogP contribution in [0.5, 0.6) is 0 Å². The van der Waals surface area contributed by atoms with E-state index in [0.29, 0.717) is 25.3 Å². The van der Waals surface area contributed by atoms with Gasteiger partial charge in [-0.2, -0.15) is 0 Å². The normalized spacial score (nSPS) is 20.8. The monoisotopic (exact) mass is 253 g/mol. The number of nitrogens with one attached hydrogen (secondary N) is 1. The van der Waals surface area contributed by atoms with Crippen LogP contribution in [0, 0.1) is 5.92 Å². The van der Waals surface area contributed by atoms with Crippen LogP contribution < -0.4 is 11.1 Å². The van der Waals surface area contributed by atoms with Crippen LogP contribution in [0.2, 0.25) is 0 Å². The third-order valence-electron chi connectivity index (χ3n) is 3.77. The predicted molar refractivity (Wildman–Crippen MR) is 68.8 cm³/mol. The Morgan fingerprint density at radius 1 is 1.28 bits per heavy atom. The molecule has 1 heterocycles. The van der Waals surface area contributed by atoms with Crippen LogP contribution in [0.3, 0.4) is 0 Å². The zero-order valence-corrected chi connectivity index (χ0v) is 10.9. The van der Waals surface area contributed by atoms with E-state index in [1.54, 1.807) is 0 Å². The number of likely N-dealkylation sites (tertiary alicyclic amines) is 1. The van der Waals surface area contributed by atoms with E-state index < -0.39 is 0 Å². The molecule has 0 spiro atoms. The highest BCUT2D eigenvalue weighted by Gasteiger charge is 2.29. The molecule has 2 fully saturated rings. The van der Waals surface area contributed by atoms with Gasteiger partial charge >= 0.3 is 0 Å². The van der Waals surface area contributed by atoms with Crippen molar-refractivity contribution in [3.63, 3.8) is 0 Å². The summed E-state index contributed by atoms with van der Waals surface area (Å²) in [4.78, 5) is 25.2. The molecule has 3 N–H and O–H groups in total. The summed E-state index contributed by atoms with van der Waals surface area (Å²) in [5, 5.41) is 2.78. The molecule has 0 aromatic heterocycles. The number of nitrogens with zero attached hydrogens (tertiary/aromatic N) is 1. The third-order valence-corrected chi connectivity index (χ3v) is 3.77. The van der Waals surface area contributed by atoms with Crippen LogP contribution in [0.25, 0.3) is 0 Å². The fourth-order valence-electron chi connectivity index (χ4n) is 2.41. The molecule has 18 heavy (non-hydrogen) atoms. The number of carbonyl (C=O) groups excluding carboxylic acids is 2. The number of hydrogen-bond donors (Lipinski definition) is 2. The highest BCUT2D eigenvalue weighted by molar-refractivity contribution is 5.79. The maximum absolute atomic E-state index is 11.7. The first-order valence-corrected chi connectivity index (χ1v) is 6.97. The van der Waals surface area contributed by atoms with Gasteiger partial charge in [-0.05, 0) is 31.6 Å². The molecule has 2 rings (SSSR count). The van der Waals surface area contributed by atoms with E-state index in [9.17, 15) is 9.59 Å². The van der Waals surface area contributed by atoms with Gasteiger partial charge in [-0.15, -0.1) is 0 Å².